The summed E-state index contributed by atoms with van der Waals surface area (Å²) in [5.74, 6) is 0.549. The van der Waals surface area contributed by atoms with E-state index in [4.69, 9.17) is 9.15 Å². The molecule has 31 heavy (non-hydrogen) atoms. The van der Waals surface area contributed by atoms with E-state index in [0.717, 1.165) is 52.1 Å². The maximum atomic E-state index is 12.7. The van der Waals surface area contributed by atoms with Crippen LogP contribution >= 0.6 is 0 Å². The van der Waals surface area contributed by atoms with Crippen molar-refractivity contribution in [2.24, 2.45) is 0 Å². The van der Waals surface area contributed by atoms with Gasteiger partial charge in [-0.15, -0.1) is 0 Å². The number of hydrogen-bond donors (Lipinski definition) is 0. The molecule has 7 nitrogen and oxygen atoms in total. The highest BCUT2D eigenvalue weighted by molar-refractivity contribution is 5.92. The van der Waals surface area contributed by atoms with Crippen molar-refractivity contribution in [1.82, 2.24) is 19.7 Å². The standard InChI is InChI=1S/C24H32N4O3/c1-30-21-10-6-12-28(17-21)24(29)22-19-31-23(25-22)18-27-15-13-26(14-16-27)11-5-9-20-7-3-2-4-8-20/h2-5,7-9,19,21H,6,10-18H2,1H3/b9-5+/t21-/m0/s1. The molecular formula is C24H32N4O3. The number of ether oxygens (including phenoxy) is 1. The highest BCUT2D eigenvalue weighted by Gasteiger charge is 2.26. The van der Waals surface area contributed by atoms with Crippen LogP contribution in [0.25, 0.3) is 6.08 Å². The fraction of sp³-hybridized carbons (Fsp3) is 0.500. The summed E-state index contributed by atoms with van der Waals surface area (Å²) < 4.78 is 11.0. The Bertz CT molecular complexity index is 859. The number of nitrogens with zero attached hydrogens (tertiary/aromatic N) is 4. The minimum absolute atomic E-state index is 0.0632. The third-order valence-electron chi connectivity index (χ3n) is 6.07. The van der Waals surface area contributed by atoms with Gasteiger partial charge in [-0.25, -0.2) is 4.98 Å². The summed E-state index contributed by atoms with van der Waals surface area (Å²) in [4.78, 5) is 23.8. The second-order valence-corrected chi connectivity index (χ2v) is 8.27. The number of carbonyl (C=O) groups excluding carboxylic acids is 1. The lowest BCUT2D eigenvalue weighted by molar-refractivity contribution is 0.0265. The van der Waals surface area contributed by atoms with Gasteiger partial charge in [0.25, 0.3) is 5.91 Å². The van der Waals surface area contributed by atoms with Crippen molar-refractivity contribution >= 4 is 12.0 Å². The minimum Gasteiger partial charge on any atom is -0.447 e. The number of amides is 1. The van der Waals surface area contributed by atoms with Gasteiger partial charge in [0.05, 0.1) is 12.6 Å². The van der Waals surface area contributed by atoms with Crippen molar-refractivity contribution < 1.29 is 13.9 Å². The number of carbonyl (C=O) groups is 1. The van der Waals surface area contributed by atoms with Crippen LogP contribution in [0.1, 0.15) is 34.8 Å². The van der Waals surface area contributed by atoms with Crippen LogP contribution in [0.15, 0.2) is 47.1 Å². The van der Waals surface area contributed by atoms with Crippen LogP contribution in [0.3, 0.4) is 0 Å². The molecule has 2 fully saturated rings. The largest absolute Gasteiger partial charge is 0.447 e. The molecule has 0 saturated carbocycles. The molecule has 0 aliphatic carbocycles. The second-order valence-electron chi connectivity index (χ2n) is 8.27. The van der Waals surface area contributed by atoms with Crippen LogP contribution in [-0.2, 0) is 11.3 Å². The van der Waals surface area contributed by atoms with E-state index in [1.165, 1.54) is 11.8 Å². The van der Waals surface area contributed by atoms with E-state index in [9.17, 15) is 4.79 Å². The molecular weight excluding hydrogens is 392 g/mol. The summed E-state index contributed by atoms with van der Waals surface area (Å²) in [5, 5.41) is 0. The Morgan fingerprint density at radius 2 is 1.94 bits per heavy atom. The maximum Gasteiger partial charge on any atom is 0.275 e. The number of rotatable bonds is 7. The van der Waals surface area contributed by atoms with E-state index in [1.54, 1.807) is 7.11 Å². The van der Waals surface area contributed by atoms with Crippen LogP contribution in [0.4, 0.5) is 0 Å². The zero-order chi connectivity index (χ0) is 21.5. The normalized spacial score (nSPS) is 21.1. The Balaban J connectivity index is 1.22. The number of piperidine rings is 1. The molecule has 0 spiro atoms. The van der Waals surface area contributed by atoms with Gasteiger partial charge in [-0.3, -0.25) is 14.6 Å². The van der Waals surface area contributed by atoms with Crippen LogP contribution < -0.4 is 0 Å². The van der Waals surface area contributed by atoms with Gasteiger partial charge in [-0.1, -0.05) is 42.5 Å². The molecule has 1 atom stereocenters. The molecule has 0 bridgehead atoms. The third kappa shape index (κ3) is 6.03. The first-order chi connectivity index (χ1) is 15.2. The van der Waals surface area contributed by atoms with Gasteiger partial charge >= 0.3 is 0 Å². The predicted molar refractivity (Wildman–Crippen MR) is 120 cm³/mol. The average molecular weight is 425 g/mol. The number of hydrogen-bond acceptors (Lipinski definition) is 6. The van der Waals surface area contributed by atoms with Crippen molar-refractivity contribution in [2.75, 3.05) is 52.9 Å². The zero-order valence-corrected chi connectivity index (χ0v) is 18.3. The Kier molecular flexibility index (Phi) is 7.51. The lowest BCUT2D eigenvalue weighted by atomic mass is 10.1. The van der Waals surface area contributed by atoms with Crippen LogP contribution in [0, 0.1) is 0 Å². The van der Waals surface area contributed by atoms with Crippen molar-refractivity contribution in [3.8, 4) is 0 Å². The minimum atomic E-state index is -0.0632. The Morgan fingerprint density at radius 3 is 2.71 bits per heavy atom. The smallest absolute Gasteiger partial charge is 0.275 e. The van der Waals surface area contributed by atoms with Crippen molar-refractivity contribution in [2.45, 2.75) is 25.5 Å². The molecule has 166 valence electrons. The number of benzene rings is 1. The van der Waals surface area contributed by atoms with E-state index in [1.807, 2.05) is 11.0 Å². The molecule has 7 heteroatoms. The van der Waals surface area contributed by atoms with Crippen molar-refractivity contribution in [1.29, 1.82) is 0 Å². The van der Waals surface area contributed by atoms with E-state index in [-0.39, 0.29) is 12.0 Å². The first-order valence-electron chi connectivity index (χ1n) is 11.1. The Hall–Kier alpha value is -2.48. The Labute approximate surface area is 184 Å². The molecule has 2 aliphatic heterocycles. The monoisotopic (exact) mass is 424 g/mol. The highest BCUT2D eigenvalue weighted by atomic mass is 16.5. The van der Waals surface area contributed by atoms with Gasteiger partial charge in [0.1, 0.15) is 6.26 Å². The van der Waals surface area contributed by atoms with E-state index < -0.39 is 0 Å². The van der Waals surface area contributed by atoms with Crippen LogP contribution in [0.2, 0.25) is 0 Å². The van der Waals surface area contributed by atoms with Gasteiger partial charge in [-0.05, 0) is 18.4 Å². The average Bonchev–Trinajstić information content (AvgIpc) is 3.29. The summed E-state index contributed by atoms with van der Waals surface area (Å²) in [6.07, 6.45) is 7.97. The molecule has 3 heterocycles. The molecule has 0 radical (unpaired) electrons. The maximum absolute atomic E-state index is 12.7. The summed E-state index contributed by atoms with van der Waals surface area (Å²) in [6.45, 7) is 6.93. The van der Waals surface area contributed by atoms with Crippen molar-refractivity contribution in [3.63, 3.8) is 0 Å². The predicted octanol–water partition coefficient (Wildman–Crippen LogP) is 2.76. The topological polar surface area (TPSA) is 62.1 Å². The van der Waals surface area contributed by atoms with Gasteiger partial charge in [0.2, 0.25) is 5.89 Å². The first-order valence-corrected chi connectivity index (χ1v) is 11.1. The molecule has 1 aromatic carbocycles. The molecule has 2 aromatic rings. The first kappa shape index (κ1) is 21.7. The summed E-state index contributed by atoms with van der Waals surface area (Å²) in [6, 6.07) is 10.4. The molecule has 2 aliphatic rings. The molecule has 1 amide bonds. The third-order valence-corrected chi connectivity index (χ3v) is 6.07. The van der Waals surface area contributed by atoms with E-state index >= 15 is 0 Å². The molecule has 0 unspecified atom stereocenters. The summed E-state index contributed by atoms with van der Waals surface area (Å²) in [5.41, 5.74) is 1.63. The van der Waals surface area contributed by atoms with Gasteiger partial charge in [0.15, 0.2) is 5.69 Å². The highest BCUT2D eigenvalue weighted by Crippen LogP contribution is 2.16. The fourth-order valence-corrected chi connectivity index (χ4v) is 4.18. The van der Waals surface area contributed by atoms with E-state index in [2.05, 4.69) is 51.2 Å². The molecule has 1 aromatic heterocycles. The lowest BCUT2D eigenvalue weighted by Crippen LogP contribution is -2.45. The van der Waals surface area contributed by atoms with Gasteiger partial charge in [0, 0.05) is 52.9 Å². The molecule has 0 N–H and O–H groups in total. The summed E-state index contributed by atoms with van der Waals surface area (Å²) in [7, 11) is 1.70. The molecule has 2 saturated heterocycles. The number of methoxy groups -OCH3 is 1. The fourth-order valence-electron chi connectivity index (χ4n) is 4.18. The van der Waals surface area contributed by atoms with E-state index in [0.29, 0.717) is 24.7 Å². The number of likely N-dealkylation sites (tertiary alicyclic amines) is 1. The Morgan fingerprint density at radius 1 is 1.16 bits per heavy atom. The second kappa shape index (κ2) is 10.7. The van der Waals surface area contributed by atoms with Gasteiger partial charge in [-0.2, -0.15) is 0 Å². The quantitative estimate of drug-likeness (QED) is 0.681. The number of piperazine rings is 1. The zero-order valence-electron chi connectivity index (χ0n) is 18.3. The van der Waals surface area contributed by atoms with Gasteiger partial charge < -0.3 is 14.1 Å². The number of oxazole rings is 1. The lowest BCUT2D eigenvalue weighted by Gasteiger charge is -2.33. The SMILES string of the molecule is CO[C@H]1CCCN(C(=O)c2coc(CN3CCN(C/C=C/c4ccccc4)CC3)n2)C1. The van der Waals surface area contributed by atoms with Crippen LogP contribution in [-0.4, -0.2) is 84.6 Å². The number of aromatic nitrogens is 1. The van der Waals surface area contributed by atoms with Crippen molar-refractivity contribution in [3.05, 3.63) is 59.8 Å². The summed E-state index contributed by atoms with van der Waals surface area (Å²) >= 11 is 0. The van der Waals surface area contributed by atoms with Crippen LogP contribution in [0.5, 0.6) is 0 Å². The molecule has 4 rings (SSSR count).